The van der Waals surface area contributed by atoms with Gasteiger partial charge in [0.05, 0.1) is 54.4 Å². The van der Waals surface area contributed by atoms with Crippen LogP contribution >= 0.6 is 0 Å². The minimum Gasteiger partial charge on any atom is -0.463 e. The van der Waals surface area contributed by atoms with Gasteiger partial charge in [0.15, 0.2) is 5.76 Å². The number of hydrogen-bond donors (Lipinski definition) is 0. The van der Waals surface area contributed by atoms with Gasteiger partial charge in [-0.1, -0.05) is 24.8 Å². The molecule has 226 valence electrons. The molecule has 9 nitrogen and oxygen atoms in total. The van der Waals surface area contributed by atoms with Gasteiger partial charge in [0.25, 0.3) is 0 Å². The zero-order valence-corrected chi connectivity index (χ0v) is 23.8. The highest BCUT2D eigenvalue weighted by Gasteiger charge is 2.44. The van der Waals surface area contributed by atoms with Crippen LogP contribution in [-0.4, -0.2) is 29.8 Å². The van der Waals surface area contributed by atoms with Crippen molar-refractivity contribution >= 4 is 23.5 Å². The monoisotopic (exact) mass is 605 g/mol. The van der Waals surface area contributed by atoms with Crippen LogP contribution in [0.25, 0.3) is 0 Å². The number of alkyl halides is 3. The molecule has 0 fully saturated rings. The van der Waals surface area contributed by atoms with Crippen molar-refractivity contribution in [3.63, 3.8) is 0 Å². The predicted octanol–water partition coefficient (Wildman–Crippen LogP) is 7.05. The average Bonchev–Trinajstić information content (AvgIpc) is 3.49. The summed E-state index contributed by atoms with van der Waals surface area (Å²) in [6.07, 6.45) is -2.26. The number of allylic oxidation sites excluding steroid dienone is 3. The summed E-state index contributed by atoms with van der Waals surface area (Å²) in [5.74, 6) is -1.58. The molecule has 2 aromatic carbocycles. The lowest BCUT2D eigenvalue weighted by Crippen LogP contribution is -2.50. The van der Waals surface area contributed by atoms with Crippen LogP contribution in [-0.2, 0) is 27.0 Å². The number of Topliss-reactive ketones (excluding diaryl/α,β-unsaturated/α-hetero) is 1. The molecule has 1 aromatic heterocycles. The Labute approximate surface area is 250 Å². The highest BCUT2D eigenvalue weighted by Crippen LogP contribution is 2.43. The molecule has 2 heterocycles. The molecule has 12 heteroatoms. The summed E-state index contributed by atoms with van der Waals surface area (Å²) in [5.41, 5.74) is -0.357. The van der Waals surface area contributed by atoms with Crippen molar-refractivity contribution in [3.05, 3.63) is 125 Å². The Morgan fingerprint density at radius 1 is 1.14 bits per heavy atom. The summed E-state index contributed by atoms with van der Waals surface area (Å²) in [6.45, 7) is 6.19. The van der Waals surface area contributed by atoms with E-state index >= 15 is 0 Å². The maximum atomic E-state index is 14.3. The first kappa shape index (κ1) is 31.4. The van der Waals surface area contributed by atoms with Crippen molar-refractivity contribution in [3.8, 4) is 6.07 Å². The molecule has 4 rings (SSSR count). The van der Waals surface area contributed by atoms with Crippen molar-refractivity contribution in [2.45, 2.75) is 32.6 Å². The van der Waals surface area contributed by atoms with E-state index in [1.54, 1.807) is 19.1 Å². The molecule has 0 N–H and O–H groups in total. The van der Waals surface area contributed by atoms with Crippen molar-refractivity contribution in [1.82, 2.24) is 4.90 Å². The van der Waals surface area contributed by atoms with Crippen LogP contribution in [0.2, 0.25) is 0 Å². The van der Waals surface area contributed by atoms with E-state index in [-0.39, 0.29) is 40.8 Å². The number of ketones is 1. The first-order valence-corrected chi connectivity index (χ1v) is 13.1. The van der Waals surface area contributed by atoms with Gasteiger partial charge in [-0.3, -0.25) is 9.69 Å². The second-order valence-electron chi connectivity index (χ2n) is 9.45. The fourth-order valence-electron chi connectivity index (χ4n) is 4.83. The number of anilines is 1. The lowest BCUT2D eigenvalue weighted by atomic mass is 9.88. The first-order chi connectivity index (χ1) is 20.9. The quantitative estimate of drug-likeness (QED) is 0.146. The van der Waals surface area contributed by atoms with Crippen molar-refractivity contribution < 1.29 is 41.4 Å². The Hall–Kier alpha value is -5.57. The van der Waals surface area contributed by atoms with Crippen LogP contribution in [0.4, 0.5) is 23.7 Å². The predicted molar refractivity (Wildman–Crippen MR) is 152 cm³/mol. The van der Waals surface area contributed by atoms with Gasteiger partial charge in [-0.2, -0.15) is 18.4 Å². The fourth-order valence-corrected chi connectivity index (χ4v) is 4.83. The minimum absolute atomic E-state index is 0.00131. The highest BCUT2D eigenvalue weighted by atomic mass is 19.4. The van der Waals surface area contributed by atoms with Gasteiger partial charge in [-0.05, 0) is 68.0 Å². The van der Waals surface area contributed by atoms with E-state index < -0.39 is 35.6 Å². The number of halogens is 3. The fraction of sp³-hybridized carbons (Fsp3) is 0.188. The second-order valence-corrected chi connectivity index (χ2v) is 9.45. The Kier molecular flexibility index (Phi) is 9.09. The number of benzene rings is 2. The van der Waals surface area contributed by atoms with Crippen LogP contribution in [0.3, 0.4) is 0 Å². The van der Waals surface area contributed by atoms with Crippen LogP contribution < -0.4 is 4.90 Å². The lowest BCUT2D eigenvalue weighted by Gasteiger charge is -2.43. The van der Waals surface area contributed by atoms with Gasteiger partial charge < -0.3 is 18.8 Å². The number of methoxy groups -OCH3 is 1. The molecule has 0 spiro atoms. The number of ether oxygens (including phenoxy) is 2. The standard InChI is InChI=1S/C32H26F3N3O6/c1-5-25(43-6-2)29(39)27-19(3)38(23-9-7-8-22(16-23)32(33,34)35)31(41)37(18-24-14-15-26(44-24)30(40)42-4)28(27)21-12-10-20(17-36)11-13-21/h5-16,28H,2,18H2,1,3-4H3/b25-5-. The zero-order chi connectivity index (χ0) is 32.2. The number of carbonyl (C=O) groups excluding carboxylic acids is 3. The lowest BCUT2D eigenvalue weighted by molar-refractivity contribution is -0.137. The molecule has 3 aromatic rings. The van der Waals surface area contributed by atoms with Crippen LogP contribution in [0.5, 0.6) is 0 Å². The number of nitrogens with zero attached hydrogens (tertiary/aromatic N) is 3. The number of esters is 1. The number of hydrogen-bond acceptors (Lipinski definition) is 7. The number of urea groups is 1. The molecule has 0 aliphatic carbocycles. The normalized spacial score (nSPS) is 15.6. The Bertz CT molecular complexity index is 1710. The molecule has 0 bridgehead atoms. The summed E-state index contributed by atoms with van der Waals surface area (Å²) in [5, 5.41) is 9.33. The van der Waals surface area contributed by atoms with Gasteiger partial charge in [-0.15, -0.1) is 0 Å². The van der Waals surface area contributed by atoms with Crippen molar-refractivity contribution in [2.24, 2.45) is 0 Å². The maximum absolute atomic E-state index is 14.3. The number of carbonyl (C=O) groups is 3. The smallest absolute Gasteiger partial charge is 0.416 e. The van der Waals surface area contributed by atoms with E-state index in [4.69, 9.17) is 13.9 Å². The largest absolute Gasteiger partial charge is 0.463 e. The second kappa shape index (κ2) is 12.7. The van der Waals surface area contributed by atoms with Gasteiger partial charge in [0.1, 0.15) is 5.76 Å². The van der Waals surface area contributed by atoms with Crippen LogP contribution in [0.1, 0.15) is 52.9 Å². The summed E-state index contributed by atoms with van der Waals surface area (Å²) >= 11 is 0. The third-order valence-corrected chi connectivity index (χ3v) is 6.85. The molecule has 0 radical (unpaired) electrons. The van der Waals surface area contributed by atoms with Crippen LogP contribution in [0.15, 0.2) is 101 Å². The Morgan fingerprint density at radius 2 is 1.84 bits per heavy atom. The SMILES string of the molecule is C=CO/C(=C\C)C(=O)C1=C(C)N(c2cccc(C(F)(F)F)c2)C(=O)N(Cc2ccc(C(=O)OC)o2)C1c1ccc(C#N)cc1. The third kappa shape index (κ3) is 6.12. The average molecular weight is 606 g/mol. The van der Waals surface area contributed by atoms with Crippen LogP contribution in [0, 0.1) is 11.3 Å². The van der Waals surface area contributed by atoms with E-state index in [0.29, 0.717) is 11.1 Å². The zero-order valence-electron chi connectivity index (χ0n) is 23.8. The van der Waals surface area contributed by atoms with E-state index in [2.05, 4.69) is 6.58 Å². The molecule has 2 amide bonds. The Morgan fingerprint density at radius 3 is 2.43 bits per heavy atom. The van der Waals surface area contributed by atoms with E-state index in [0.717, 1.165) is 29.4 Å². The summed E-state index contributed by atoms with van der Waals surface area (Å²) in [4.78, 5) is 42.7. The highest BCUT2D eigenvalue weighted by molar-refractivity contribution is 6.12. The number of rotatable bonds is 9. The first-order valence-electron chi connectivity index (χ1n) is 13.1. The third-order valence-electron chi connectivity index (χ3n) is 6.85. The summed E-state index contributed by atoms with van der Waals surface area (Å²) in [7, 11) is 1.17. The molecule has 44 heavy (non-hydrogen) atoms. The minimum atomic E-state index is -4.70. The van der Waals surface area contributed by atoms with Gasteiger partial charge >= 0.3 is 18.2 Å². The molecule has 0 saturated carbocycles. The summed E-state index contributed by atoms with van der Waals surface area (Å²) < 4.78 is 56.7. The maximum Gasteiger partial charge on any atom is 0.416 e. The number of amides is 2. The summed E-state index contributed by atoms with van der Waals surface area (Å²) in [6, 6.07) is 13.2. The van der Waals surface area contributed by atoms with E-state index in [1.165, 1.54) is 55.3 Å². The molecular weight excluding hydrogens is 579 g/mol. The Balaban J connectivity index is 1.99. The van der Waals surface area contributed by atoms with E-state index in [1.807, 2.05) is 6.07 Å². The van der Waals surface area contributed by atoms with Crippen molar-refractivity contribution in [2.75, 3.05) is 12.0 Å². The van der Waals surface area contributed by atoms with Gasteiger partial charge in [0, 0.05) is 5.70 Å². The molecule has 0 saturated heterocycles. The molecule has 1 unspecified atom stereocenters. The van der Waals surface area contributed by atoms with Gasteiger partial charge in [-0.25, -0.2) is 9.59 Å². The molecular formula is C32H26F3N3O6. The molecule has 1 aliphatic rings. The van der Waals surface area contributed by atoms with Gasteiger partial charge in [0.2, 0.25) is 11.5 Å². The molecule has 1 atom stereocenters. The number of nitriles is 1. The number of furan rings is 1. The molecule has 1 aliphatic heterocycles. The topological polar surface area (TPSA) is 113 Å². The van der Waals surface area contributed by atoms with E-state index in [9.17, 15) is 32.8 Å². The van der Waals surface area contributed by atoms with Crippen molar-refractivity contribution in [1.29, 1.82) is 5.26 Å².